The highest BCUT2D eigenvalue weighted by atomic mass is 16.4. The molecule has 0 aliphatic carbocycles. The Morgan fingerprint density at radius 3 is 2.55 bits per heavy atom. The second-order valence-electron chi connectivity index (χ2n) is 4.78. The van der Waals surface area contributed by atoms with E-state index in [1.807, 2.05) is 6.92 Å². The number of aryl methyl sites for hydroxylation is 2. The first-order valence-corrected chi connectivity index (χ1v) is 6.58. The number of hydrogen-bond acceptors (Lipinski definition) is 3. The summed E-state index contributed by atoms with van der Waals surface area (Å²) in [6.07, 6.45) is 1.40. The van der Waals surface area contributed by atoms with Crippen LogP contribution in [-0.2, 0) is 13.6 Å². The second-order valence-corrected chi connectivity index (χ2v) is 4.78. The first-order chi connectivity index (χ1) is 9.52. The highest BCUT2D eigenvalue weighted by Gasteiger charge is 2.17. The van der Waals surface area contributed by atoms with E-state index in [4.69, 9.17) is 0 Å². The van der Waals surface area contributed by atoms with Crippen LogP contribution in [0, 0.1) is 6.92 Å². The normalized spacial score (nSPS) is 10.6. The molecule has 5 heteroatoms. The van der Waals surface area contributed by atoms with Crippen LogP contribution >= 0.6 is 0 Å². The molecule has 1 aromatic carbocycles. The Morgan fingerprint density at radius 2 is 2.00 bits per heavy atom. The minimum absolute atomic E-state index is 0.262. The van der Waals surface area contributed by atoms with Crippen LogP contribution in [0.3, 0.4) is 0 Å². The predicted molar refractivity (Wildman–Crippen MR) is 78.1 cm³/mol. The van der Waals surface area contributed by atoms with Gasteiger partial charge in [-0.25, -0.2) is 4.79 Å². The van der Waals surface area contributed by atoms with Crippen molar-refractivity contribution in [3.63, 3.8) is 0 Å². The SMILES string of the molecule is CCN(Cc1c(C(=O)O)cnn1C)c1ccc(C)cc1. The summed E-state index contributed by atoms with van der Waals surface area (Å²) in [5.41, 5.74) is 3.25. The number of nitrogens with zero attached hydrogens (tertiary/aromatic N) is 3. The van der Waals surface area contributed by atoms with Crippen molar-refractivity contribution in [1.29, 1.82) is 0 Å². The Hall–Kier alpha value is -2.30. The van der Waals surface area contributed by atoms with E-state index in [2.05, 4.69) is 41.2 Å². The fourth-order valence-corrected chi connectivity index (χ4v) is 2.15. The monoisotopic (exact) mass is 273 g/mol. The predicted octanol–water partition coefficient (Wildman–Crippen LogP) is 2.45. The van der Waals surface area contributed by atoms with Crippen molar-refractivity contribution < 1.29 is 9.90 Å². The number of aromatic nitrogens is 2. The van der Waals surface area contributed by atoms with Gasteiger partial charge >= 0.3 is 5.97 Å². The lowest BCUT2D eigenvalue weighted by molar-refractivity contribution is 0.0695. The van der Waals surface area contributed by atoms with E-state index in [0.717, 1.165) is 12.2 Å². The lowest BCUT2D eigenvalue weighted by atomic mass is 10.2. The number of hydrogen-bond donors (Lipinski definition) is 1. The Morgan fingerprint density at radius 1 is 1.35 bits per heavy atom. The molecule has 106 valence electrons. The summed E-state index contributed by atoms with van der Waals surface area (Å²) in [6.45, 7) is 5.42. The van der Waals surface area contributed by atoms with Gasteiger partial charge in [0.05, 0.1) is 18.4 Å². The summed E-state index contributed by atoms with van der Waals surface area (Å²) in [6, 6.07) is 8.21. The van der Waals surface area contributed by atoms with Crippen LogP contribution in [0.2, 0.25) is 0 Å². The van der Waals surface area contributed by atoms with Crippen LogP contribution in [0.15, 0.2) is 30.5 Å². The van der Waals surface area contributed by atoms with Crippen LogP contribution < -0.4 is 4.90 Å². The van der Waals surface area contributed by atoms with E-state index in [1.54, 1.807) is 11.7 Å². The van der Waals surface area contributed by atoms with E-state index in [9.17, 15) is 9.90 Å². The molecule has 0 spiro atoms. The van der Waals surface area contributed by atoms with Gasteiger partial charge in [0, 0.05) is 19.3 Å². The van der Waals surface area contributed by atoms with Crippen LogP contribution in [-0.4, -0.2) is 27.4 Å². The molecule has 2 rings (SSSR count). The molecule has 0 radical (unpaired) electrons. The molecular weight excluding hydrogens is 254 g/mol. The molecule has 2 aromatic rings. The third-order valence-electron chi connectivity index (χ3n) is 3.41. The first kappa shape index (κ1) is 14.1. The maximum absolute atomic E-state index is 11.2. The van der Waals surface area contributed by atoms with Crippen molar-refractivity contribution in [2.45, 2.75) is 20.4 Å². The smallest absolute Gasteiger partial charge is 0.339 e. The molecule has 1 aromatic heterocycles. The summed E-state index contributed by atoms with van der Waals surface area (Å²) in [5, 5.41) is 13.2. The largest absolute Gasteiger partial charge is 0.478 e. The van der Waals surface area contributed by atoms with Crippen molar-refractivity contribution in [1.82, 2.24) is 9.78 Å². The van der Waals surface area contributed by atoms with Gasteiger partial charge in [0.2, 0.25) is 0 Å². The lowest BCUT2D eigenvalue weighted by Gasteiger charge is -2.23. The Kier molecular flexibility index (Phi) is 4.08. The Labute approximate surface area is 118 Å². The molecule has 0 amide bonds. The average Bonchev–Trinajstić information content (AvgIpc) is 2.78. The summed E-state index contributed by atoms with van der Waals surface area (Å²) in [5.74, 6) is -0.937. The van der Waals surface area contributed by atoms with E-state index in [-0.39, 0.29) is 5.56 Å². The summed E-state index contributed by atoms with van der Waals surface area (Å²) in [4.78, 5) is 13.3. The minimum atomic E-state index is -0.937. The van der Waals surface area contributed by atoms with Crippen LogP contribution in [0.4, 0.5) is 5.69 Å². The molecule has 1 heterocycles. The van der Waals surface area contributed by atoms with Crippen molar-refractivity contribution >= 4 is 11.7 Å². The van der Waals surface area contributed by atoms with Gasteiger partial charge in [0.15, 0.2) is 0 Å². The van der Waals surface area contributed by atoms with Gasteiger partial charge in [-0.15, -0.1) is 0 Å². The summed E-state index contributed by atoms with van der Waals surface area (Å²) >= 11 is 0. The number of carboxylic acids is 1. The number of benzene rings is 1. The fourth-order valence-electron chi connectivity index (χ4n) is 2.15. The maximum Gasteiger partial charge on any atom is 0.339 e. The molecule has 0 unspecified atom stereocenters. The van der Waals surface area contributed by atoms with E-state index in [0.29, 0.717) is 12.2 Å². The van der Waals surface area contributed by atoms with E-state index < -0.39 is 5.97 Å². The number of carbonyl (C=O) groups is 1. The highest BCUT2D eigenvalue weighted by Crippen LogP contribution is 2.19. The zero-order valence-electron chi connectivity index (χ0n) is 12.0. The molecule has 0 fully saturated rings. The summed E-state index contributed by atoms with van der Waals surface area (Å²) in [7, 11) is 1.77. The van der Waals surface area contributed by atoms with Gasteiger partial charge < -0.3 is 10.0 Å². The topological polar surface area (TPSA) is 58.4 Å². The molecule has 0 saturated heterocycles. The van der Waals surface area contributed by atoms with Crippen molar-refractivity contribution in [3.8, 4) is 0 Å². The molecule has 0 bridgehead atoms. The van der Waals surface area contributed by atoms with E-state index >= 15 is 0 Å². The van der Waals surface area contributed by atoms with Gasteiger partial charge in [0.25, 0.3) is 0 Å². The quantitative estimate of drug-likeness (QED) is 0.909. The fraction of sp³-hybridized carbons (Fsp3) is 0.333. The number of rotatable bonds is 5. The van der Waals surface area contributed by atoms with Gasteiger partial charge in [0.1, 0.15) is 5.56 Å². The molecule has 0 aliphatic rings. The molecule has 0 aliphatic heterocycles. The third-order valence-corrected chi connectivity index (χ3v) is 3.41. The third kappa shape index (κ3) is 2.82. The minimum Gasteiger partial charge on any atom is -0.478 e. The van der Waals surface area contributed by atoms with Crippen LogP contribution in [0.25, 0.3) is 0 Å². The van der Waals surface area contributed by atoms with Crippen molar-refractivity contribution in [2.75, 3.05) is 11.4 Å². The van der Waals surface area contributed by atoms with Crippen molar-refractivity contribution in [2.24, 2.45) is 7.05 Å². The van der Waals surface area contributed by atoms with Gasteiger partial charge in [-0.3, -0.25) is 4.68 Å². The molecular formula is C15H19N3O2. The van der Waals surface area contributed by atoms with Gasteiger partial charge in [-0.05, 0) is 26.0 Å². The zero-order chi connectivity index (χ0) is 14.7. The van der Waals surface area contributed by atoms with Crippen LogP contribution in [0.5, 0.6) is 0 Å². The Bertz CT molecular complexity index is 602. The zero-order valence-corrected chi connectivity index (χ0v) is 12.0. The lowest BCUT2D eigenvalue weighted by Crippen LogP contribution is -2.24. The molecule has 0 saturated carbocycles. The van der Waals surface area contributed by atoms with Crippen molar-refractivity contribution in [3.05, 3.63) is 47.3 Å². The Balaban J connectivity index is 2.29. The summed E-state index contributed by atoms with van der Waals surface area (Å²) < 4.78 is 1.63. The molecule has 0 atom stereocenters. The first-order valence-electron chi connectivity index (χ1n) is 6.58. The molecule has 20 heavy (non-hydrogen) atoms. The average molecular weight is 273 g/mol. The second kappa shape index (κ2) is 5.77. The molecule has 5 nitrogen and oxygen atoms in total. The number of anilines is 1. The standard InChI is InChI=1S/C15H19N3O2/c1-4-18(12-7-5-11(2)6-8-12)10-14-13(15(19)20)9-16-17(14)3/h5-9H,4,10H2,1-3H3,(H,19,20). The van der Waals surface area contributed by atoms with Crippen LogP contribution in [0.1, 0.15) is 28.5 Å². The van der Waals surface area contributed by atoms with Gasteiger partial charge in [-0.1, -0.05) is 17.7 Å². The highest BCUT2D eigenvalue weighted by molar-refractivity contribution is 5.88. The van der Waals surface area contributed by atoms with Gasteiger partial charge in [-0.2, -0.15) is 5.10 Å². The van der Waals surface area contributed by atoms with E-state index in [1.165, 1.54) is 11.8 Å². The number of carboxylic acid groups (broad SMARTS) is 1. The number of aromatic carboxylic acids is 1. The molecule has 1 N–H and O–H groups in total. The maximum atomic E-state index is 11.2.